The smallest absolute Gasteiger partial charge is 0.311 e. The summed E-state index contributed by atoms with van der Waals surface area (Å²) < 4.78 is 39.4. The van der Waals surface area contributed by atoms with E-state index in [0.29, 0.717) is 25.1 Å². The van der Waals surface area contributed by atoms with Gasteiger partial charge in [-0.1, -0.05) is 6.42 Å². The van der Waals surface area contributed by atoms with Crippen LogP contribution < -0.4 is 0 Å². The van der Waals surface area contributed by atoms with Crippen molar-refractivity contribution in [3.05, 3.63) is 35.1 Å². The number of rotatable bonds is 3. The van der Waals surface area contributed by atoms with E-state index in [1.165, 1.54) is 0 Å². The van der Waals surface area contributed by atoms with Crippen LogP contribution >= 0.6 is 0 Å². The van der Waals surface area contributed by atoms with Gasteiger partial charge in [0.2, 0.25) is 0 Å². The number of halogens is 3. The Hall–Kier alpha value is -1.56. The fraction of sp³-hybridized carbons (Fsp3) is 0.533. The van der Waals surface area contributed by atoms with Crippen molar-refractivity contribution >= 4 is 5.97 Å². The van der Waals surface area contributed by atoms with Gasteiger partial charge in [0.05, 0.1) is 5.41 Å². The molecular formula is C15H16F3NO2. The number of likely N-dealkylation sites (tertiary alicyclic amines) is 1. The van der Waals surface area contributed by atoms with Gasteiger partial charge < -0.3 is 5.11 Å². The van der Waals surface area contributed by atoms with Gasteiger partial charge in [0.25, 0.3) is 0 Å². The van der Waals surface area contributed by atoms with Crippen molar-refractivity contribution in [1.29, 1.82) is 0 Å². The van der Waals surface area contributed by atoms with E-state index in [1.807, 2.05) is 4.90 Å². The van der Waals surface area contributed by atoms with Gasteiger partial charge in [-0.05, 0) is 36.5 Å². The van der Waals surface area contributed by atoms with Crippen LogP contribution in [-0.2, 0) is 11.3 Å². The molecule has 2 aliphatic rings. The van der Waals surface area contributed by atoms with Crippen molar-refractivity contribution in [3.63, 3.8) is 0 Å². The van der Waals surface area contributed by atoms with Gasteiger partial charge in [0, 0.05) is 19.6 Å². The lowest BCUT2D eigenvalue weighted by Gasteiger charge is -2.23. The summed E-state index contributed by atoms with van der Waals surface area (Å²) in [4.78, 5) is 13.5. The molecule has 21 heavy (non-hydrogen) atoms. The van der Waals surface area contributed by atoms with E-state index in [2.05, 4.69) is 0 Å². The minimum atomic E-state index is -1.47. The lowest BCUT2D eigenvalue weighted by Crippen LogP contribution is -2.35. The summed E-state index contributed by atoms with van der Waals surface area (Å²) in [6.45, 7) is 1.22. The van der Waals surface area contributed by atoms with Crippen LogP contribution in [0.3, 0.4) is 0 Å². The Morgan fingerprint density at radius 3 is 2.57 bits per heavy atom. The number of aliphatic carboxylic acids is 1. The van der Waals surface area contributed by atoms with Crippen LogP contribution in [0, 0.1) is 28.8 Å². The summed E-state index contributed by atoms with van der Waals surface area (Å²) in [5, 5.41) is 9.49. The molecule has 1 N–H and O–H groups in total. The Balaban J connectivity index is 1.77. The molecule has 0 spiro atoms. The molecule has 6 heteroatoms. The summed E-state index contributed by atoms with van der Waals surface area (Å²) in [5.74, 6) is -4.59. The van der Waals surface area contributed by atoms with Crippen LogP contribution in [0.5, 0.6) is 0 Å². The first kappa shape index (κ1) is 14.4. The zero-order chi connectivity index (χ0) is 15.2. The highest BCUT2D eigenvalue weighted by atomic mass is 19.2. The molecule has 0 aromatic heterocycles. The summed E-state index contributed by atoms with van der Waals surface area (Å²) in [6, 6.07) is 1.94. The highest BCUT2D eigenvalue weighted by Crippen LogP contribution is 2.49. The Bertz CT molecular complexity index is 569. The van der Waals surface area contributed by atoms with Crippen molar-refractivity contribution in [2.75, 3.05) is 13.1 Å². The molecule has 3 rings (SSSR count). The monoisotopic (exact) mass is 299 g/mol. The second kappa shape index (κ2) is 5.02. The Morgan fingerprint density at radius 2 is 2.00 bits per heavy atom. The molecule has 1 aromatic carbocycles. The second-order valence-electron chi connectivity index (χ2n) is 6.09. The van der Waals surface area contributed by atoms with Crippen LogP contribution in [-0.4, -0.2) is 29.1 Å². The molecule has 114 valence electrons. The minimum Gasteiger partial charge on any atom is -0.481 e. The maximum absolute atomic E-state index is 13.2. The van der Waals surface area contributed by atoms with Crippen LogP contribution in [0.4, 0.5) is 13.2 Å². The predicted molar refractivity (Wildman–Crippen MR) is 69.0 cm³/mol. The lowest BCUT2D eigenvalue weighted by atomic mass is 9.81. The fourth-order valence-electron chi connectivity index (χ4n) is 3.82. The quantitative estimate of drug-likeness (QED) is 0.873. The van der Waals surface area contributed by atoms with Crippen LogP contribution in [0.2, 0.25) is 0 Å². The molecular weight excluding hydrogens is 283 g/mol. The molecule has 0 unspecified atom stereocenters. The van der Waals surface area contributed by atoms with E-state index < -0.39 is 28.8 Å². The van der Waals surface area contributed by atoms with Crippen LogP contribution in [0.15, 0.2) is 12.1 Å². The summed E-state index contributed by atoms with van der Waals surface area (Å²) >= 11 is 0. The zero-order valence-corrected chi connectivity index (χ0v) is 11.4. The van der Waals surface area contributed by atoms with Crippen molar-refractivity contribution in [2.24, 2.45) is 11.3 Å². The maximum Gasteiger partial charge on any atom is 0.311 e. The third kappa shape index (κ3) is 2.31. The molecule has 1 saturated heterocycles. The summed E-state index contributed by atoms with van der Waals surface area (Å²) in [5.41, 5.74) is -0.399. The van der Waals surface area contributed by atoms with E-state index >= 15 is 0 Å². The third-order valence-corrected chi connectivity index (χ3v) is 4.82. The Kier molecular flexibility index (Phi) is 3.43. The van der Waals surface area contributed by atoms with E-state index in [0.717, 1.165) is 25.0 Å². The molecule has 1 saturated carbocycles. The number of carboxylic acid groups (broad SMARTS) is 1. The number of fused-ring (bicyclic) bond motifs is 1. The molecule has 0 radical (unpaired) electrons. The second-order valence-corrected chi connectivity index (χ2v) is 6.09. The molecule has 0 bridgehead atoms. The molecule has 1 aliphatic carbocycles. The normalized spacial score (nSPS) is 28.8. The summed E-state index contributed by atoms with van der Waals surface area (Å²) in [7, 11) is 0. The maximum atomic E-state index is 13.2. The SMILES string of the molecule is O=C(O)[C@@]12CCC[C@H]1CN(Cc1cc(F)c(F)c(F)c1)C2. The van der Waals surface area contributed by atoms with E-state index in [-0.39, 0.29) is 12.5 Å². The Labute approximate surface area is 120 Å². The standard InChI is InChI=1S/C15H16F3NO2/c16-11-4-9(5-12(17)13(11)18)6-19-7-10-2-1-3-15(10,8-19)14(20)21/h4-5,10H,1-3,6-8H2,(H,20,21)/t10-,15+/m0/s1. The average Bonchev–Trinajstić information content (AvgIpc) is 2.93. The Morgan fingerprint density at radius 1 is 1.33 bits per heavy atom. The number of nitrogens with zero attached hydrogens (tertiary/aromatic N) is 1. The highest BCUT2D eigenvalue weighted by molar-refractivity contribution is 5.76. The van der Waals surface area contributed by atoms with Crippen molar-refractivity contribution in [3.8, 4) is 0 Å². The van der Waals surface area contributed by atoms with Crippen LogP contribution in [0.25, 0.3) is 0 Å². The first-order valence-electron chi connectivity index (χ1n) is 7.01. The van der Waals surface area contributed by atoms with Gasteiger partial charge >= 0.3 is 5.97 Å². The summed E-state index contributed by atoms with van der Waals surface area (Å²) in [6.07, 6.45) is 2.43. The first-order valence-corrected chi connectivity index (χ1v) is 7.01. The molecule has 1 aliphatic heterocycles. The first-order chi connectivity index (χ1) is 9.92. The number of benzene rings is 1. The highest BCUT2D eigenvalue weighted by Gasteiger charge is 2.54. The van der Waals surface area contributed by atoms with Crippen molar-refractivity contribution < 1.29 is 23.1 Å². The van der Waals surface area contributed by atoms with Gasteiger partial charge in [0.1, 0.15) is 0 Å². The van der Waals surface area contributed by atoms with E-state index in [9.17, 15) is 23.1 Å². The number of hydrogen-bond acceptors (Lipinski definition) is 2. The van der Waals surface area contributed by atoms with Gasteiger partial charge in [-0.2, -0.15) is 0 Å². The van der Waals surface area contributed by atoms with Gasteiger partial charge in [-0.15, -0.1) is 0 Å². The molecule has 0 amide bonds. The van der Waals surface area contributed by atoms with E-state index in [4.69, 9.17) is 0 Å². The van der Waals surface area contributed by atoms with Gasteiger partial charge in [-0.25, -0.2) is 13.2 Å². The van der Waals surface area contributed by atoms with Crippen molar-refractivity contribution in [2.45, 2.75) is 25.8 Å². The van der Waals surface area contributed by atoms with Gasteiger partial charge in [0.15, 0.2) is 17.5 Å². The number of hydrogen-bond donors (Lipinski definition) is 1. The largest absolute Gasteiger partial charge is 0.481 e. The van der Waals surface area contributed by atoms with Crippen LogP contribution in [0.1, 0.15) is 24.8 Å². The van der Waals surface area contributed by atoms with E-state index in [1.54, 1.807) is 0 Å². The fourth-order valence-corrected chi connectivity index (χ4v) is 3.82. The van der Waals surface area contributed by atoms with Gasteiger partial charge in [-0.3, -0.25) is 9.69 Å². The number of carbonyl (C=O) groups is 1. The third-order valence-electron chi connectivity index (χ3n) is 4.82. The molecule has 1 heterocycles. The number of carboxylic acids is 1. The van der Waals surface area contributed by atoms with Crippen molar-refractivity contribution in [1.82, 2.24) is 4.90 Å². The predicted octanol–water partition coefficient (Wildman–Crippen LogP) is 2.79. The molecule has 2 atom stereocenters. The zero-order valence-electron chi connectivity index (χ0n) is 11.4. The molecule has 1 aromatic rings. The average molecular weight is 299 g/mol. The lowest BCUT2D eigenvalue weighted by molar-refractivity contribution is -0.149. The minimum absolute atomic E-state index is 0.0881. The topological polar surface area (TPSA) is 40.5 Å². The molecule has 2 fully saturated rings. The molecule has 3 nitrogen and oxygen atoms in total.